The quantitative estimate of drug-likeness (QED) is 0.629. The van der Waals surface area contributed by atoms with Crippen LogP contribution in [0, 0.1) is 26.7 Å². The van der Waals surface area contributed by atoms with Gasteiger partial charge < -0.3 is 0 Å². The average Bonchev–Trinajstić information content (AvgIpc) is 3.09. The van der Waals surface area contributed by atoms with Gasteiger partial charge in [0.2, 0.25) is 5.91 Å². The molecule has 1 aromatic rings. The van der Waals surface area contributed by atoms with E-state index in [1.54, 1.807) is 6.21 Å². The summed E-state index contributed by atoms with van der Waals surface area (Å²) in [6.45, 7) is 6.23. The third-order valence-corrected chi connectivity index (χ3v) is 3.21. The van der Waals surface area contributed by atoms with Crippen molar-refractivity contribution in [3.63, 3.8) is 0 Å². The van der Waals surface area contributed by atoms with Gasteiger partial charge in [-0.25, -0.2) is 5.43 Å². The van der Waals surface area contributed by atoms with Crippen LogP contribution in [0.4, 0.5) is 0 Å². The third kappa shape index (κ3) is 2.93. The molecule has 0 aromatic heterocycles. The second-order valence-corrected chi connectivity index (χ2v) is 4.80. The van der Waals surface area contributed by atoms with Crippen molar-refractivity contribution in [1.82, 2.24) is 5.43 Å². The van der Waals surface area contributed by atoms with Crippen molar-refractivity contribution in [3.8, 4) is 0 Å². The molecule has 1 aliphatic carbocycles. The number of nitrogens with zero attached hydrogens (tertiary/aromatic N) is 1. The first-order chi connectivity index (χ1) is 8.08. The summed E-state index contributed by atoms with van der Waals surface area (Å²) in [7, 11) is 0. The largest absolute Gasteiger partial charge is 0.273 e. The molecule has 3 nitrogen and oxygen atoms in total. The fraction of sp³-hybridized carbons (Fsp3) is 0.429. The number of nitrogens with one attached hydrogen (secondary N) is 1. The van der Waals surface area contributed by atoms with Crippen LogP contribution in [-0.2, 0) is 4.79 Å². The summed E-state index contributed by atoms with van der Waals surface area (Å²) >= 11 is 0. The second kappa shape index (κ2) is 4.70. The summed E-state index contributed by atoms with van der Waals surface area (Å²) in [5.74, 6) is 0.246. The molecule has 1 saturated carbocycles. The molecule has 0 heterocycles. The highest BCUT2D eigenvalue weighted by molar-refractivity contribution is 5.85. The number of carbonyl (C=O) groups excluding carboxylic acids is 1. The summed E-state index contributed by atoms with van der Waals surface area (Å²) in [5.41, 5.74) is 7.34. The van der Waals surface area contributed by atoms with Gasteiger partial charge in [-0.15, -0.1) is 0 Å². The first kappa shape index (κ1) is 11.8. The van der Waals surface area contributed by atoms with Crippen molar-refractivity contribution >= 4 is 12.1 Å². The van der Waals surface area contributed by atoms with Crippen LogP contribution < -0.4 is 5.43 Å². The van der Waals surface area contributed by atoms with Crippen LogP contribution in [0.25, 0.3) is 0 Å². The summed E-state index contributed by atoms with van der Waals surface area (Å²) < 4.78 is 0. The Labute approximate surface area is 102 Å². The molecule has 0 spiro atoms. The summed E-state index contributed by atoms with van der Waals surface area (Å²) in [5, 5.41) is 4.01. The zero-order valence-electron chi connectivity index (χ0n) is 10.6. The topological polar surface area (TPSA) is 41.5 Å². The number of amides is 1. The molecule has 0 saturated heterocycles. The number of hydrazone groups is 1. The molecule has 90 valence electrons. The molecular weight excluding hydrogens is 212 g/mol. The Balaban J connectivity index is 2.04. The fourth-order valence-corrected chi connectivity index (χ4v) is 1.72. The number of benzene rings is 1. The summed E-state index contributed by atoms with van der Waals surface area (Å²) in [6, 6.07) is 4.23. The molecule has 1 aliphatic rings. The zero-order valence-corrected chi connectivity index (χ0v) is 10.6. The zero-order chi connectivity index (χ0) is 12.4. The van der Waals surface area contributed by atoms with Gasteiger partial charge in [0.25, 0.3) is 0 Å². The van der Waals surface area contributed by atoms with Gasteiger partial charge in [-0.2, -0.15) is 5.10 Å². The van der Waals surface area contributed by atoms with Crippen molar-refractivity contribution in [1.29, 1.82) is 0 Å². The minimum atomic E-state index is 0.0442. The molecule has 1 amide bonds. The first-order valence-corrected chi connectivity index (χ1v) is 5.98. The van der Waals surface area contributed by atoms with E-state index in [4.69, 9.17) is 0 Å². The number of hydrogen-bond donors (Lipinski definition) is 1. The van der Waals surface area contributed by atoms with Crippen molar-refractivity contribution in [3.05, 3.63) is 34.4 Å². The van der Waals surface area contributed by atoms with Gasteiger partial charge in [0.15, 0.2) is 0 Å². The molecule has 0 aliphatic heterocycles. The fourth-order valence-electron chi connectivity index (χ4n) is 1.72. The molecule has 1 aromatic carbocycles. The molecule has 3 heteroatoms. The maximum atomic E-state index is 11.4. The van der Waals surface area contributed by atoms with Crippen LogP contribution in [0.5, 0.6) is 0 Å². The second-order valence-electron chi connectivity index (χ2n) is 4.80. The molecule has 0 radical (unpaired) electrons. The van der Waals surface area contributed by atoms with Crippen molar-refractivity contribution < 1.29 is 4.79 Å². The molecular formula is C14H18N2O. The molecule has 1 fully saturated rings. The molecule has 0 atom stereocenters. The van der Waals surface area contributed by atoms with Gasteiger partial charge in [0.05, 0.1) is 6.21 Å². The smallest absolute Gasteiger partial charge is 0.243 e. The SMILES string of the molecule is Cc1cc(C)c(/C=N\NC(=O)C2CC2)cc1C. The Kier molecular flexibility index (Phi) is 3.27. The lowest BCUT2D eigenvalue weighted by atomic mass is 10.0. The van der Waals surface area contributed by atoms with E-state index < -0.39 is 0 Å². The Morgan fingerprint density at radius 3 is 2.53 bits per heavy atom. The Morgan fingerprint density at radius 1 is 1.24 bits per heavy atom. The van der Waals surface area contributed by atoms with E-state index in [0.717, 1.165) is 18.4 Å². The summed E-state index contributed by atoms with van der Waals surface area (Å²) in [6.07, 6.45) is 3.73. The minimum absolute atomic E-state index is 0.0442. The van der Waals surface area contributed by atoms with E-state index in [2.05, 4.69) is 43.4 Å². The van der Waals surface area contributed by atoms with E-state index in [-0.39, 0.29) is 11.8 Å². The van der Waals surface area contributed by atoms with Crippen LogP contribution in [-0.4, -0.2) is 12.1 Å². The number of rotatable bonds is 3. The van der Waals surface area contributed by atoms with Crippen molar-refractivity contribution in [2.45, 2.75) is 33.6 Å². The minimum Gasteiger partial charge on any atom is -0.273 e. The number of aryl methyl sites for hydroxylation is 3. The van der Waals surface area contributed by atoms with Crippen LogP contribution >= 0.6 is 0 Å². The molecule has 1 N–H and O–H groups in total. The van der Waals surface area contributed by atoms with Crippen LogP contribution in [0.2, 0.25) is 0 Å². The predicted molar refractivity (Wildman–Crippen MR) is 69.1 cm³/mol. The maximum Gasteiger partial charge on any atom is 0.243 e. The number of hydrogen-bond acceptors (Lipinski definition) is 2. The van der Waals surface area contributed by atoms with Gasteiger partial charge in [-0.3, -0.25) is 4.79 Å². The van der Waals surface area contributed by atoms with Gasteiger partial charge in [0.1, 0.15) is 0 Å². The molecule has 0 bridgehead atoms. The average molecular weight is 230 g/mol. The van der Waals surface area contributed by atoms with Gasteiger partial charge in [-0.1, -0.05) is 6.07 Å². The number of carbonyl (C=O) groups is 1. The lowest BCUT2D eigenvalue weighted by Gasteiger charge is -2.05. The standard InChI is InChI=1S/C14H18N2O/c1-9-6-11(3)13(7-10(9)2)8-15-16-14(17)12-4-5-12/h6-8,12H,4-5H2,1-3H3,(H,16,17)/b15-8-. The lowest BCUT2D eigenvalue weighted by molar-refractivity contribution is -0.122. The predicted octanol–water partition coefficient (Wildman–Crippen LogP) is 2.47. The highest BCUT2D eigenvalue weighted by Crippen LogP contribution is 2.28. The molecule has 0 unspecified atom stereocenters. The van der Waals surface area contributed by atoms with Gasteiger partial charge >= 0.3 is 0 Å². The lowest BCUT2D eigenvalue weighted by Crippen LogP contribution is -2.19. The first-order valence-electron chi connectivity index (χ1n) is 5.98. The van der Waals surface area contributed by atoms with E-state index in [9.17, 15) is 4.79 Å². The van der Waals surface area contributed by atoms with Crippen LogP contribution in [0.3, 0.4) is 0 Å². The van der Waals surface area contributed by atoms with Crippen molar-refractivity contribution in [2.75, 3.05) is 0 Å². The van der Waals surface area contributed by atoms with E-state index in [0.29, 0.717) is 0 Å². The van der Waals surface area contributed by atoms with Crippen LogP contribution in [0.1, 0.15) is 35.1 Å². The monoisotopic (exact) mass is 230 g/mol. The summed E-state index contributed by atoms with van der Waals surface area (Å²) in [4.78, 5) is 11.4. The van der Waals surface area contributed by atoms with Crippen LogP contribution in [0.15, 0.2) is 17.2 Å². The Bertz CT molecular complexity index is 473. The van der Waals surface area contributed by atoms with E-state index in [1.807, 2.05) is 0 Å². The van der Waals surface area contributed by atoms with Gasteiger partial charge in [0, 0.05) is 5.92 Å². The van der Waals surface area contributed by atoms with E-state index in [1.165, 1.54) is 16.7 Å². The third-order valence-electron chi connectivity index (χ3n) is 3.21. The highest BCUT2D eigenvalue weighted by atomic mass is 16.2. The normalized spacial score (nSPS) is 15.2. The Morgan fingerprint density at radius 2 is 1.88 bits per heavy atom. The molecule has 17 heavy (non-hydrogen) atoms. The Hall–Kier alpha value is -1.64. The van der Waals surface area contributed by atoms with Gasteiger partial charge in [-0.05, 0) is 61.9 Å². The highest BCUT2D eigenvalue weighted by Gasteiger charge is 2.29. The molecule has 2 rings (SSSR count). The maximum absolute atomic E-state index is 11.4. The van der Waals surface area contributed by atoms with Crippen molar-refractivity contribution in [2.24, 2.45) is 11.0 Å². The van der Waals surface area contributed by atoms with E-state index >= 15 is 0 Å².